The number of imide groups is 1. The van der Waals surface area contributed by atoms with Crippen LogP contribution in [0.2, 0.25) is 0 Å². The van der Waals surface area contributed by atoms with Gasteiger partial charge in [0, 0.05) is 5.56 Å². The number of para-hydroxylation sites is 1. The van der Waals surface area contributed by atoms with Gasteiger partial charge >= 0.3 is 12.0 Å². The van der Waals surface area contributed by atoms with Crippen molar-refractivity contribution in [2.75, 3.05) is 7.11 Å². The fourth-order valence-electron chi connectivity index (χ4n) is 2.32. The van der Waals surface area contributed by atoms with E-state index < -0.39 is 24.0 Å². The minimum atomic E-state index is -1.20. The second-order valence-electron chi connectivity index (χ2n) is 5.57. The molecule has 2 aromatic rings. The SMILES string of the molecule is COc1ccccc1/C=C(/C(=O)OC(C)C(=O)NC(N)=O)c1ccccc1. The van der Waals surface area contributed by atoms with Crippen molar-refractivity contribution in [1.82, 2.24) is 5.32 Å². The molecule has 3 amide bonds. The minimum Gasteiger partial charge on any atom is -0.496 e. The van der Waals surface area contributed by atoms with Gasteiger partial charge in [0.15, 0.2) is 6.10 Å². The van der Waals surface area contributed by atoms with Gasteiger partial charge < -0.3 is 15.2 Å². The fourth-order valence-corrected chi connectivity index (χ4v) is 2.32. The lowest BCUT2D eigenvalue weighted by Crippen LogP contribution is -2.42. The first-order valence-corrected chi connectivity index (χ1v) is 8.13. The number of primary amides is 1. The number of esters is 1. The molecule has 0 aliphatic heterocycles. The molecule has 3 N–H and O–H groups in total. The van der Waals surface area contributed by atoms with E-state index in [-0.39, 0.29) is 5.57 Å². The summed E-state index contributed by atoms with van der Waals surface area (Å²) >= 11 is 0. The van der Waals surface area contributed by atoms with E-state index in [1.165, 1.54) is 14.0 Å². The van der Waals surface area contributed by atoms with E-state index in [0.717, 1.165) is 0 Å². The van der Waals surface area contributed by atoms with Crippen LogP contribution >= 0.6 is 0 Å². The van der Waals surface area contributed by atoms with E-state index >= 15 is 0 Å². The van der Waals surface area contributed by atoms with Crippen LogP contribution in [0.3, 0.4) is 0 Å². The lowest BCUT2D eigenvalue weighted by molar-refractivity contribution is -0.148. The Balaban J connectivity index is 2.36. The van der Waals surface area contributed by atoms with E-state index in [4.69, 9.17) is 15.2 Å². The van der Waals surface area contributed by atoms with E-state index in [1.54, 1.807) is 42.5 Å². The van der Waals surface area contributed by atoms with Crippen molar-refractivity contribution in [3.63, 3.8) is 0 Å². The Morgan fingerprint density at radius 1 is 1.04 bits per heavy atom. The summed E-state index contributed by atoms with van der Waals surface area (Å²) in [5, 5.41) is 1.88. The Morgan fingerprint density at radius 3 is 2.30 bits per heavy atom. The maximum absolute atomic E-state index is 12.7. The highest BCUT2D eigenvalue weighted by Crippen LogP contribution is 2.25. The van der Waals surface area contributed by atoms with Crippen LogP contribution in [0.5, 0.6) is 5.75 Å². The van der Waals surface area contributed by atoms with Crippen LogP contribution in [0.15, 0.2) is 54.6 Å². The molecule has 1 atom stereocenters. The second kappa shape index (κ2) is 9.19. The number of nitrogens with two attached hydrogens (primary N) is 1. The quantitative estimate of drug-likeness (QED) is 0.462. The van der Waals surface area contributed by atoms with E-state index in [2.05, 4.69) is 0 Å². The number of rotatable bonds is 6. The molecule has 27 heavy (non-hydrogen) atoms. The van der Waals surface area contributed by atoms with Crippen LogP contribution < -0.4 is 15.8 Å². The first-order valence-electron chi connectivity index (χ1n) is 8.13. The monoisotopic (exact) mass is 368 g/mol. The standard InChI is InChI=1S/C20H20N2O5/c1-13(18(23)22-20(21)25)27-19(24)16(14-8-4-3-5-9-14)12-15-10-6-7-11-17(15)26-2/h3-13H,1-2H3,(H3,21,22,23,25)/b16-12+. The maximum atomic E-state index is 12.7. The minimum absolute atomic E-state index is 0.235. The molecule has 0 spiro atoms. The molecule has 0 bridgehead atoms. The van der Waals surface area contributed by atoms with Crippen molar-refractivity contribution in [1.29, 1.82) is 0 Å². The molecule has 0 aromatic heterocycles. The average Bonchev–Trinajstić information content (AvgIpc) is 2.66. The summed E-state index contributed by atoms with van der Waals surface area (Å²) in [6.45, 7) is 1.35. The summed E-state index contributed by atoms with van der Waals surface area (Å²) in [7, 11) is 1.53. The van der Waals surface area contributed by atoms with Gasteiger partial charge in [-0.15, -0.1) is 0 Å². The Bertz CT molecular complexity index is 862. The van der Waals surface area contributed by atoms with Crippen molar-refractivity contribution < 1.29 is 23.9 Å². The molecule has 2 aromatic carbocycles. The number of nitrogens with one attached hydrogen (secondary N) is 1. The molecule has 0 heterocycles. The average molecular weight is 368 g/mol. The van der Waals surface area contributed by atoms with E-state index in [0.29, 0.717) is 16.9 Å². The number of amides is 3. The van der Waals surface area contributed by atoms with Crippen LogP contribution in [-0.4, -0.2) is 31.1 Å². The Hall–Kier alpha value is -3.61. The van der Waals surface area contributed by atoms with Gasteiger partial charge in [-0.25, -0.2) is 9.59 Å². The van der Waals surface area contributed by atoms with Gasteiger partial charge in [-0.2, -0.15) is 0 Å². The summed E-state index contributed by atoms with van der Waals surface area (Å²) in [4.78, 5) is 35.3. The topological polar surface area (TPSA) is 108 Å². The normalized spacial score (nSPS) is 12.0. The van der Waals surface area contributed by atoms with E-state index in [9.17, 15) is 14.4 Å². The molecule has 0 fully saturated rings. The largest absolute Gasteiger partial charge is 0.496 e. The van der Waals surface area contributed by atoms with Crippen molar-refractivity contribution >= 4 is 29.6 Å². The summed E-state index contributed by atoms with van der Waals surface area (Å²) in [6, 6.07) is 15.0. The van der Waals surface area contributed by atoms with Gasteiger partial charge in [-0.1, -0.05) is 48.5 Å². The smallest absolute Gasteiger partial charge is 0.339 e. The summed E-state index contributed by atoms with van der Waals surface area (Å²) in [5.41, 5.74) is 6.42. The van der Waals surface area contributed by atoms with Gasteiger partial charge in [0.1, 0.15) is 5.75 Å². The van der Waals surface area contributed by atoms with Crippen LogP contribution in [0.25, 0.3) is 11.6 Å². The first-order chi connectivity index (χ1) is 12.9. The van der Waals surface area contributed by atoms with Crippen molar-refractivity contribution in [2.45, 2.75) is 13.0 Å². The molecule has 7 nitrogen and oxygen atoms in total. The number of hydrogen-bond acceptors (Lipinski definition) is 5. The second-order valence-corrected chi connectivity index (χ2v) is 5.57. The molecule has 0 radical (unpaired) electrons. The highest BCUT2D eigenvalue weighted by molar-refractivity contribution is 6.22. The third-order valence-corrected chi connectivity index (χ3v) is 3.64. The van der Waals surface area contributed by atoms with Crippen LogP contribution in [-0.2, 0) is 14.3 Å². The predicted octanol–water partition coefficient (Wildman–Crippen LogP) is 2.36. The number of ether oxygens (including phenoxy) is 2. The Morgan fingerprint density at radius 2 is 1.67 bits per heavy atom. The summed E-state index contributed by atoms with van der Waals surface area (Å²) in [5.74, 6) is -0.946. The van der Waals surface area contributed by atoms with Crippen molar-refractivity contribution in [2.24, 2.45) is 5.73 Å². The predicted molar refractivity (Wildman–Crippen MR) is 101 cm³/mol. The van der Waals surface area contributed by atoms with Crippen molar-refractivity contribution in [3.05, 3.63) is 65.7 Å². The number of benzene rings is 2. The molecule has 2 rings (SSSR count). The molecule has 0 saturated heterocycles. The third-order valence-electron chi connectivity index (χ3n) is 3.64. The van der Waals surface area contributed by atoms with Gasteiger partial charge in [0.05, 0.1) is 12.7 Å². The highest BCUT2D eigenvalue weighted by atomic mass is 16.5. The van der Waals surface area contributed by atoms with Gasteiger partial charge in [0.2, 0.25) is 0 Å². The summed E-state index contributed by atoms with van der Waals surface area (Å²) < 4.78 is 10.5. The highest BCUT2D eigenvalue weighted by Gasteiger charge is 2.22. The molecule has 0 saturated carbocycles. The number of carbonyl (C=O) groups is 3. The lowest BCUT2D eigenvalue weighted by atomic mass is 10.0. The molecule has 140 valence electrons. The fraction of sp³-hybridized carbons (Fsp3) is 0.150. The van der Waals surface area contributed by atoms with Crippen LogP contribution in [0, 0.1) is 0 Å². The van der Waals surface area contributed by atoms with Crippen molar-refractivity contribution in [3.8, 4) is 5.75 Å². The number of methoxy groups -OCH3 is 1. The number of urea groups is 1. The molecule has 0 aliphatic rings. The van der Waals surface area contributed by atoms with Gasteiger partial charge in [-0.05, 0) is 24.6 Å². The van der Waals surface area contributed by atoms with Gasteiger partial charge in [-0.3, -0.25) is 10.1 Å². The zero-order chi connectivity index (χ0) is 19.8. The Labute approximate surface area is 156 Å². The number of hydrogen-bond donors (Lipinski definition) is 2. The maximum Gasteiger partial charge on any atom is 0.339 e. The molecule has 0 aliphatic carbocycles. The van der Waals surface area contributed by atoms with Crippen LogP contribution in [0.4, 0.5) is 4.79 Å². The number of carbonyl (C=O) groups excluding carboxylic acids is 3. The van der Waals surface area contributed by atoms with Gasteiger partial charge in [0.25, 0.3) is 5.91 Å². The molecular formula is C20H20N2O5. The lowest BCUT2D eigenvalue weighted by Gasteiger charge is -2.14. The van der Waals surface area contributed by atoms with Crippen LogP contribution in [0.1, 0.15) is 18.1 Å². The van der Waals surface area contributed by atoms with E-state index in [1.807, 2.05) is 23.5 Å². The first kappa shape index (κ1) is 19.7. The zero-order valence-electron chi connectivity index (χ0n) is 15.0. The zero-order valence-corrected chi connectivity index (χ0v) is 15.0. The third kappa shape index (κ3) is 5.43. The molecule has 7 heteroatoms. The summed E-state index contributed by atoms with van der Waals surface area (Å²) in [6.07, 6.45) is 0.421. The molecular weight excluding hydrogens is 348 g/mol. The molecule has 1 unspecified atom stereocenters. The Kier molecular flexibility index (Phi) is 6.71.